The van der Waals surface area contributed by atoms with Gasteiger partial charge >= 0.3 is 5.97 Å². The molecule has 0 aliphatic heterocycles. The Morgan fingerprint density at radius 2 is 1.36 bits per heavy atom. The number of ketones is 1. The molecule has 0 amide bonds. The number of fused-ring (bicyclic) bond motifs is 1. The average molecular weight is 459 g/mol. The maximum Gasteiger partial charge on any atom is 0.310 e. The maximum absolute atomic E-state index is 13.4. The Morgan fingerprint density at radius 1 is 0.818 bits per heavy atom. The Hall–Kier alpha value is -3.42. The van der Waals surface area contributed by atoms with Crippen molar-refractivity contribution < 1.29 is 38.0 Å². The second kappa shape index (κ2) is 10.0. The summed E-state index contributed by atoms with van der Waals surface area (Å²) in [5, 5.41) is 0. The number of methoxy groups -OCH3 is 5. The fraction of sp³-hybridized carbons (Fsp3) is 0.440. The molecule has 0 saturated carbocycles. The van der Waals surface area contributed by atoms with E-state index in [1.54, 1.807) is 38.1 Å². The fourth-order valence-corrected chi connectivity index (χ4v) is 4.50. The first kappa shape index (κ1) is 24.2. The molecule has 8 nitrogen and oxygen atoms in total. The number of benzene rings is 2. The Balaban J connectivity index is 2.35. The standard InChI is InChI=1S/C25H30O8/c1-8-33-25(27)21-13(2)23(26)16-12-18(29-4)17(28-3)11-15(16)22(21)14-9-19(30-5)24(32-7)20(10-14)31-6/h9-13,21-22H,8H2,1-7H3/t13-,21-,22-/m0/s1. The van der Waals surface area contributed by atoms with Crippen LogP contribution in [0.15, 0.2) is 24.3 Å². The van der Waals surface area contributed by atoms with Gasteiger partial charge in [-0.25, -0.2) is 0 Å². The third-order valence-corrected chi connectivity index (χ3v) is 6.07. The van der Waals surface area contributed by atoms with Crippen LogP contribution in [0.4, 0.5) is 0 Å². The summed E-state index contributed by atoms with van der Waals surface area (Å²) in [6.07, 6.45) is 0. The van der Waals surface area contributed by atoms with Gasteiger partial charge in [-0.3, -0.25) is 9.59 Å². The second-order valence-corrected chi connectivity index (χ2v) is 7.66. The zero-order valence-electron chi connectivity index (χ0n) is 20.0. The lowest BCUT2D eigenvalue weighted by atomic mass is 9.66. The predicted molar refractivity (Wildman–Crippen MR) is 121 cm³/mol. The van der Waals surface area contributed by atoms with Crippen molar-refractivity contribution in [3.05, 3.63) is 41.0 Å². The highest BCUT2D eigenvalue weighted by Crippen LogP contribution is 2.50. The van der Waals surface area contributed by atoms with Crippen molar-refractivity contribution in [2.24, 2.45) is 11.8 Å². The van der Waals surface area contributed by atoms with E-state index in [0.29, 0.717) is 39.9 Å². The summed E-state index contributed by atoms with van der Waals surface area (Å²) in [6, 6.07) is 7.00. The second-order valence-electron chi connectivity index (χ2n) is 7.66. The summed E-state index contributed by atoms with van der Waals surface area (Å²) in [4.78, 5) is 26.5. The van der Waals surface area contributed by atoms with Crippen LogP contribution in [0.25, 0.3) is 0 Å². The van der Waals surface area contributed by atoms with Crippen LogP contribution < -0.4 is 23.7 Å². The highest BCUT2D eigenvalue weighted by Gasteiger charge is 2.46. The van der Waals surface area contributed by atoms with Crippen molar-refractivity contribution in [1.82, 2.24) is 0 Å². The van der Waals surface area contributed by atoms with Crippen molar-refractivity contribution in [2.75, 3.05) is 42.2 Å². The van der Waals surface area contributed by atoms with Crippen molar-refractivity contribution in [3.63, 3.8) is 0 Å². The number of carbonyl (C=O) groups excluding carboxylic acids is 2. The third kappa shape index (κ3) is 4.17. The van der Waals surface area contributed by atoms with E-state index in [-0.39, 0.29) is 12.4 Å². The Bertz CT molecular complexity index is 1020. The molecule has 0 bridgehead atoms. The molecule has 33 heavy (non-hydrogen) atoms. The quantitative estimate of drug-likeness (QED) is 0.551. The molecule has 8 heteroatoms. The van der Waals surface area contributed by atoms with Crippen LogP contribution in [0, 0.1) is 11.8 Å². The van der Waals surface area contributed by atoms with Gasteiger partial charge in [0.15, 0.2) is 28.8 Å². The lowest BCUT2D eigenvalue weighted by Gasteiger charge is -2.36. The van der Waals surface area contributed by atoms with E-state index in [1.807, 2.05) is 0 Å². The van der Waals surface area contributed by atoms with Gasteiger partial charge in [0.2, 0.25) is 5.75 Å². The largest absolute Gasteiger partial charge is 0.493 e. The number of esters is 1. The third-order valence-electron chi connectivity index (χ3n) is 6.07. The van der Waals surface area contributed by atoms with Gasteiger partial charge < -0.3 is 28.4 Å². The molecule has 0 N–H and O–H groups in total. The van der Waals surface area contributed by atoms with Gasteiger partial charge in [0.1, 0.15) is 0 Å². The molecule has 3 rings (SSSR count). The molecule has 0 fully saturated rings. The van der Waals surface area contributed by atoms with E-state index in [1.165, 1.54) is 35.5 Å². The summed E-state index contributed by atoms with van der Waals surface area (Å²) < 4.78 is 32.8. The van der Waals surface area contributed by atoms with E-state index in [4.69, 9.17) is 28.4 Å². The molecule has 178 valence electrons. The van der Waals surface area contributed by atoms with Crippen LogP contribution >= 0.6 is 0 Å². The summed E-state index contributed by atoms with van der Waals surface area (Å²) in [7, 11) is 7.61. The molecule has 0 saturated heterocycles. The van der Waals surface area contributed by atoms with Crippen molar-refractivity contribution in [1.29, 1.82) is 0 Å². The first-order chi connectivity index (χ1) is 15.9. The highest BCUT2D eigenvalue weighted by molar-refractivity contribution is 6.04. The number of hydrogen-bond acceptors (Lipinski definition) is 8. The first-order valence-electron chi connectivity index (χ1n) is 10.6. The maximum atomic E-state index is 13.4. The van der Waals surface area contributed by atoms with Crippen LogP contribution in [0.5, 0.6) is 28.7 Å². The minimum Gasteiger partial charge on any atom is -0.493 e. The smallest absolute Gasteiger partial charge is 0.310 e. The normalized spacial score (nSPS) is 19.4. The van der Waals surface area contributed by atoms with Gasteiger partial charge in [-0.2, -0.15) is 0 Å². The van der Waals surface area contributed by atoms with Crippen LogP contribution in [0.2, 0.25) is 0 Å². The molecule has 3 atom stereocenters. The lowest BCUT2D eigenvalue weighted by molar-refractivity contribution is -0.150. The van der Waals surface area contributed by atoms with E-state index in [9.17, 15) is 9.59 Å². The molecule has 1 aliphatic rings. The minimum atomic E-state index is -0.758. The fourth-order valence-electron chi connectivity index (χ4n) is 4.50. The Morgan fingerprint density at radius 3 is 1.85 bits per heavy atom. The van der Waals surface area contributed by atoms with Gasteiger partial charge in [0.05, 0.1) is 48.1 Å². The van der Waals surface area contributed by atoms with Crippen LogP contribution in [0.3, 0.4) is 0 Å². The van der Waals surface area contributed by atoms with E-state index < -0.39 is 23.7 Å². The Kier molecular flexibility index (Phi) is 7.36. The molecular formula is C25H30O8. The predicted octanol–water partition coefficient (Wildman–Crippen LogP) is 3.87. The summed E-state index contributed by atoms with van der Waals surface area (Å²) >= 11 is 0. The highest BCUT2D eigenvalue weighted by atomic mass is 16.5. The number of hydrogen-bond donors (Lipinski definition) is 0. The minimum absolute atomic E-state index is 0.160. The topological polar surface area (TPSA) is 89.5 Å². The number of ether oxygens (including phenoxy) is 6. The van der Waals surface area contributed by atoms with Crippen LogP contribution in [-0.2, 0) is 9.53 Å². The monoisotopic (exact) mass is 458 g/mol. The summed E-state index contributed by atoms with van der Waals surface area (Å²) in [5.41, 5.74) is 1.83. The molecule has 0 heterocycles. The van der Waals surface area contributed by atoms with Gasteiger partial charge in [0.25, 0.3) is 0 Å². The number of rotatable bonds is 8. The zero-order chi connectivity index (χ0) is 24.3. The first-order valence-corrected chi connectivity index (χ1v) is 10.6. The van der Waals surface area contributed by atoms with Gasteiger partial charge in [-0.1, -0.05) is 6.92 Å². The lowest BCUT2D eigenvalue weighted by Crippen LogP contribution is -2.39. The van der Waals surface area contributed by atoms with Crippen molar-refractivity contribution in [2.45, 2.75) is 19.8 Å². The zero-order valence-corrected chi connectivity index (χ0v) is 20.0. The van der Waals surface area contributed by atoms with Gasteiger partial charge in [-0.15, -0.1) is 0 Å². The SMILES string of the molecule is CCOC(=O)[C@@H]1[C@@H](c2cc(OC)c(OC)c(OC)c2)c2cc(OC)c(OC)cc2C(=O)[C@H]1C. The molecule has 2 aromatic carbocycles. The van der Waals surface area contributed by atoms with Gasteiger partial charge in [-0.05, 0) is 42.3 Å². The van der Waals surface area contributed by atoms with E-state index in [2.05, 4.69) is 0 Å². The summed E-state index contributed by atoms with van der Waals surface area (Å²) in [6.45, 7) is 3.69. The number of carbonyl (C=O) groups is 2. The average Bonchev–Trinajstić information content (AvgIpc) is 2.84. The number of Topliss-reactive ketones (excluding diaryl/α,β-unsaturated/α-hetero) is 1. The van der Waals surface area contributed by atoms with E-state index >= 15 is 0 Å². The van der Waals surface area contributed by atoms with Gasteiger partial charge in [0, 0.05) is 17.4 Å². The van der Waals surface area contributed by atoms with E-state index in [0.717, 1.165) is 5.56 Å². The molecule has 0 aromatic heterocycles. The van der Waals surface area contributed by atoms with Crippen molar-refractivity contribution >= 4 is 11.8 Å². The van der Waals surface area contributed by atoms with Crippen LogP contribution in [0.1, 0.15) is 41.3 Å². The molecular weight excluding hydrogens is 428 g/mol. The molecule has 0 unspecified atom stereocenters. The van der Waals surface area contributed by atoms with Crippen molar-refractivity contribution in [3.8, 4) is 28.7 Å². The molecule has 0 spiro atoms. The summed E-state index contributed by atoms with van der Waals surface area (Å²) in [5.74, 6) is -0.297. The van der Waals surface area contributed by atoms with Crippen LogP contribution in [-0.4, -0.2) is 53.9 Å². The molecule has 2 aromatic rings. The Labute approximate surface area is 193 Å². The molecule has 0 radical (unpaired) electrons. The molecule has 1 aliphatic carbocycles.